The van der Waals surface area contributed by atoms with Crippen LogP contribution in [-0.2, 0) is 0 Å². The maximum Gasteiger partial charge on any atom is 0.166 e. The van der Waals surface area contributed by atoms with E-state index >= 15 is 0 Å². The molecule has 0 aliphatic carbocycles. The summed E-state index contributed by atoms with van der Waals surface area (Å²) in [5.41, 5.74) is 0. The lowest BCUT2D eigenvalue weighted by atomic mass is 10.3. The number of benzene rings is 2. The fourth-order valence-electron chi connectivity index (χ4n) is 1.35. The van der Waals surface area contributed by atoms with Crippen molar-refractivity contribution in [1.29, 1.82) is 0 Å². The van der Waals surface area contributed by atoms with E-state index in [1.54, 1.807) is 43.5 Å². The van der Waals surface area contributed by atoms with Crippen LogP contribution in [0.1, 0.15) is 0 Å². The van der Waals surface area contributed by atoms with Gasteiger partial charge in [0, 0.05) is 9.64 Å². The normalized spacial score (nSPS) is 10.1. The van der Waals surface area contributed by atoms with Gasteiger partial charge in [0.15, 0.2) is 11.6 Å². The molecule has 2 aromatic rings. The van der Waals surface area contributed by atoms with Crippen LogP contribution in [0.4, 0.5) is 4.39 Å². The van der Waals surface area contributed by atoms with E-state index in [0.717, 1.165) is 3.57 Å². The van der Waals surface area contributed by atoms with E-state index in [9.17, 15) is 4.39 Å². The Labute approximate surface area is 113 Å². The van der Waals surface area contributed by atoms with E-state index in [2.05, 4.69) is 0 Å². The predicted molar refractivity (Wildman–Crippen MR) is 72.2 cm³/mol. The van der Waals surface area contributed by atoms with Crippen molar-refractivity contribution in [2.75, 3.05) is 7.11 Å². The average Bonchev–Trinajstić information content (AvgIpc) is 2.33. The van der Waals surface area contributed by atoms with Gasteiger partial charge < -0.3 is 9.47 Å². The van der Waals surface area contributed by atoms with Gasteiger partial charge in [-0.15, -0.1) is 0 Å². The van der Waals surface area contributed by atoms with Gasteiger partial charge in [-0.3, -0.25) is 0 Å². The number of hydrogen-bond acceptors (Lipinski definition) is 2. The number of ether oxygens (including phenoxy) is 2. The van der Waals surface area contributed by atoms with Crippen molar-refractivity contribution < 1.29 is 13.9 Å². The zero-order valence-electron chi connectivity index (χ0n) is 9.11. The number of rotatable bonds is 3. The van der Waals surface area contributed by atoms with Gasteiger partial charge in [0.2, 0.25) is 0 Å². The molecule has 0 saturated heterocycles. The first-order chi connectivity index (χ1) is 8.19. The molecule has 4 heteroatoms. The molecule has 0 radical (unpaired) electrons. The number of hydrogen-bond donors (Lipinski definition) is 0. The highest BCUT2D eigenvalue weighted by atomic mass is 127. The molecule has 2 aromatic carbocycles. The maximum atomic E-state index is 13.6. The maximum absolute atomic E-state index is 13.6. The molecule has 0 heterocycles. The lowest BCUT2D eigenvalue weighted by Gasteiger charge is -2.08. The molecule has 0 bridgehead atoms. The molecule has 0 unspecified atom stereocenters. The zero-order valence-corrected chi connectivity index (χ0v) is 11.3. The fourth-order valence-corrected chi connectivity index (χ4v) is 1.80. The third kappa shape index (κ3) is 3.09. The van der Waals surface area contributed by atoms with Crippen molar-refractivity contribution >= 4 is 22.6 Å². The molecule has 2 nitrogen and oxygen atoms in total. The van der Waals surface area contributed by atoms with Gasteiger partial charge in [0.25, 0.3) is 0 Å². The summed E-state index contributed by atoms with van der Waals surface area (Å²) in [4.78, 5) is 0. The Morgan fingerprint density at radius 1 is 1.06 bits per heavy atom. The summed E-state index contributed by atoms with van der Waals surface area (Å²) >= 11 is 2.05. The highest BCUT2D eigenvalue weighted by Gasteiger charge is 2.05. The summed E-state index contributed by atoms with van der Waals surface area (Å²) in [7, 11) is 1.57. The molecule has 88 valence electrons. The smallest absolute Gasteiger partial charge is 0.166 e. The summed E-state index contributed by atoms with van der Waals surface area (Å²) in [5.74, 6) is 1.05. The van der Waals surface area contributed by atoms with Gasteiger partial charge in [-0.1, -0.05) is 6.07 Å². The van der Waals surface area contributed by atoms with Gasteiger partial charge in [-0.25, -0.2) is 4.39 Å². The van der Waals surface area contributed by atoms with E-state index in [4.69, 9.17) is 9.47 Å². The monoisotopic (exact) mass is 344 g/mol. The van der Waals surface area contributed by atoms with Crippen LogP contribution < -0.4 is 9.47 Å². The van der Waals surface area contributed by atoms with Gasteiger partial charge in [0.05, 0.1) is 7.11 Å². The Bertz CT molecular complexity index is 529. The molecule has 0 amide bonds. The molecule has 0 spiro atoms. The molecule has 0 fully saturated rings. The Morgan fingerprint density at radius 2 is 1.82 bits per heavy atom. The average molecular weight is 344 g/mol. The molecule has 0 saturated carbocycles. The van der Waals surface area contributed by atoms with Crippen LogP contribution in [0, 0.1) is 9.39 Å². The highest BCUT2D eigenvalue weighted by molar-refractivity contribution is 14.1. The molecule has 0 aliphatic rings. The summed E-state index contributed by atoms with van der Waals surface area (Å²) in [6, 6.07) is 11.9. The van der Waals surface area contributed by atoms with Gasteiger partial charge in [-0.2, -0.15) is 0 Å². The molecule has 0 atom stereocenters. The van der Waals surface area contributed by atoms with E-state index in [1.165, 1.54) is 6.07 Å². The molecule has 17 heavy (non-hydrogen) atoms. The minimum absolute atomic E-state index is 0.207. The van der Waals surface area contributed by atoms with Crippen molar-refractivity contribution in [2.24, 2.45) is 0 Å². The first-order valence-electron chi connectivity index (χ1n) is 4.96. The second kappa shape index (κ2) is 5.35. The number of halogens is 2. The summed E-state index contributed by atoms with van der Waals surface area (Å²) in [5, 5.41) is 0. The Morgan fingerprint density at radius 3 is 2.53 bits per heavy atom. The first kappa shape index (κ1) is 12.2. The molecule has 2 rings (SSSR count). The topological polar surface area (TPSA) is 18.5 Å². The lowest BCUT2D eigenvalue weighted by molar-refractivity contribution is 0.405. The zero-order chi connectivity index (χ0) is 12.3. The van der Waals surface area contributed by atoms with Gasteiger partial charge in [-0.05, 0) is 52.9 Å². The Balaban J connectivity index is 2.25. The summed E-state index contributed by atoms with van der Waals surface area (Å²) < 4.78 is 24.9. The van der Waals surface area contributed by atoms with Crippen LogP contribution in [0.3, 0.4) is 0 Å². The van der Waals surface area contributed by atoms with Crippen LogP contribution in [0.15, 0.2) is 42.5 Å². The third-order valence-corrected chi connectivity index (χ3v) is 2.83. The highest BCUT2D eigenvalue weighted by Crippen LogP contribution is 2.27. The SMILES string of the molecule is COc1cccc(Oc2ccc(I)cc2F)c1. The first-order valence-corrected chi connectivity index (χ1v) is 6.04. The van der Waals surface area contributed by atoms with Crippen molar-refractivity contribution in [2.45, 2.75) is 0 Å². The largest absolute Gasteiger partial charge is 0.497 e. The minimum Gasteiger partial charge on any atom is -0.497 e. The summed E-state index contributed by atoms with van der Waals surface area (Å²) in [6.45, 7) is 0. The van der Waals surface area contributed by atoms with Crippen molar-refractivity contribution in [3.63, 3.8) is 0 Å². The minimum atomic E-state index is -0.375. The summed E-state index contributed by atoms with van der Waals surface area (Å²) in [6.07, 6.45) is 0. The van der Waals surface area contributed by atoms with E-state index < -0.39 is 0 Å². The van der Waals surface area contributed by atoms with Crippen molar-refractivity contribution in [1.82, 2.24) is 0 Å². The predicted octanol–water partition coefficient (Wildman–Crippen LogP) is 4.23. The van der Waals surface area contributed by atoms with Crippen LogP contribution in [0.25, 0.3) is 0 Å². The van der Waals surface area contributed by atoms with Crippen molar-refractivity contribution in [3.05, 3.63) is 51.9 Å². The molecule has 0 aromatic heterocycles. The standard InChI is InChI=1S/C13H10FIO2/c1-16-10-3-2-4-11(8-10)17-13-6-5-9(15)7-12(13)14/h2-8H,1H3. The second-order valence-electron chi connectivity index (χ2n) is 3.36. The van der Waals surface area contributed by atoms with E-state index in [1.807, 2.05) is 22.6 Å². The Kier molecular flexibility index (Phi) is 3.83. The van der Waals surface area contributed by atoms with Crippen LogP contribution in [0.2, 0.25) is 0 Å². The fraction of sp³-hybridized carbons (Fsp3) is 0.0769. The third-order valence-electron chi connectivity index (χ3n) is 2.16. The Hall–Kier alpha value is -1.30. The number of methoxy groups -OCH3 is 1. The van der Waals surface area contributed by atoms with E-state index in [0.29, 0.717) is 11.5 Å². The molecular formula is C13H10FIO2. The molecule has 0 N–H and O–H groups in total. The van der Waals surface area contributed by atoms with Crippen LogP contribution >= 0.6 is 22.6 Å². The second-order valence-corrected chi connectivity index (χ2v) is 4.60. The molecular weight excluding hydrogens is 334 g/mol. The molecule has 0 aliphatic heterocycles. The van der Waals surface area contributed by atoms with Gasteiger partial charge >= 0.3 is 0 Å². The van der Waals surface area contributed by atoms with E-state index in [-0.39, 0.29) is 11.6 Å². The van der Waals surface area contributed by atoms with Gasteiger partial charge in [0.1, 0.15) is 11.5 Å². The quantitative estimate of drug-likeness (QED) is 0.776. The van der Waals surface area contributed by atoms with Crippen LogP contribution in [0.5, 0.6) is 17.2 Å². The van der Waals surface area contributed by atoms with Crippen molar-refractivity contribution in [3.8, 4) is 17.2 Å². The lowest BCUT2D eigenvalue weighted by Crippen LogP contribution is -1.90. The van der Waals surface area contributed by atoms with Crippen LogP contribution in [-0.4, -0.2) is 7.11 Å².